The normalized spacial score (nSPS) is 21.3. The molecule has 0 radical (unpaired) electrons. The van der Waals surface area contributed by atoms with Gasteiger partial charge in [-0.05, 0) is 38.8 Å². The topological polar surface area (TPSA) is 49.8 Å². The Morgan fingerprint density at radius 1 is 1.53 bits per heavy atom. The molecular weight excluding hydrogens is 188 g/mol. The van der Waals surface area contributed by atoms with Crippen LogP contribution in [0.4, 0.5) is 5.82 Å². The molecule has 2 N–H and O–H groups in total. The van der Waals surface area contributed by atoms with E-state index in [-0.39, 0.29) is 0 Å². The van der Waals surface area contributed by atoms with Crippen molar-refractivity contribution in [1.82, 2.24) is 15.3 Å². The Morgan fingerprint density at radius 3 is 3.20 bits per heavy atom. The van der Waals surface area contributed by atoms with E-state index in [1.165, 1.54) is 19.4 Å². The number of nitrogens with one attached hydrogen (secondary N) is 2. The van der Waals surface area contributed by atoms with Gasteiger partial charge in [-0.25, -0.2) is 9.97 Å². The lowest BCUT2D eigenvalue weighted by Gasteiger charge is -2.23. The molecule has 0 aromatic carbocycles. The summed E-state index contributed by atoms with van der Waals surface area (Å²) in [4.78, 5) is 8.25. The van der Waals surface area contributed by atoms with Gasteiger partial charge in [0.05, 0.1) is 0 Å². The van der Waals surface area contributed by atoms with Crippen molar-refractivity contribution in [1.29, 1.82) is 0 Å². The Kier molecular flexibility index (Phi) is 3.50. The van der Waals surface area contributed by atoms with Gasteiger partial charge >= 0.3 is 0 Å². The summed E-state index contributed by atoms with van der Waals surface area (Å²) in [6.45, 7) is 5.28. The quantitative estimate of drug-likeness (QED) is 0.780. The van der Waals surface area contributed by atoms with E-state index in [0.29, 0.717) is 0 Å². The number of piperidine rings is 1. The molecule has 0 amide bonds. The van der Waals surface area contributed by atoms with Gasteiger partial charge in [0.25, 0.3) is 0 Å². The molecule has 4 heteroatoms. The Balaban J connectivity index is 1.81. The zero-order valence-corrected chi connectivity index (χ0v) is 9.16. The number of nitrogens with zero attached hydrogens (tertiary/aromatic N) is 2. The van der Waals surface area contributed by atoms with Gasteiger partial charge in [0.15, 0.2) is 0 Å². The minimum absolute atomic E-state index is 0.731. The molecule has 0 saturated carbocycles. The molecule has 15 heavy (non-hydrogen) atoms. The van der Waals surface area contributed by atoms with E-state index in [1.807, 2.05) is 13.0 Å². The molecule has 2 rings (SSSR count). The van der Waals surface area contributed by atoms with Crippen LogP contribution < -0.4 is 10.6 Å². The van der Waals surface area contributed by atoms with Gasteiger partial charge in [0.2, 0.25) is 0 Å². The molecule has 1 fully saturated rings. The Hall–Kier alpha value is -1.16. The van der Waals surface area contributed by atoms with Crippen molar-refractivity contribution in [3.63, 3.8) is 0 Å². The predicted octanol–water partition coefficient (Wildman–Crippen LogP) is 1.20. The molecule has 1 aliphatic rings. The van der Waals surface area contributed by atoms with Crippen LogP contribution in [-0.2, 0) is 0 Å². The summed E-state index contributed by atoms with van der Waals surface area (Å²) in [6, 6.07) is 1.98. The maximum absolute atomic E-state index is 4.18. The number of hydrogen-bond donors (Lipinski definition) is 2. The van der Waals surface area contributed by atoms with E-state index in [0.717, 1.165) is 30.5 Å². The van der Waals surface area contributed by atoms with Crippen molar-refractivity contribution < 1.29 is 0 Å². The maximum atomic E-state index is 4.18. The van der Waals surface area contributed by atoms with E-state index in [4.69, 9.17) is 0 Å². The number of aryl methyl sites for hydroxylation is 1. The molecule has 1 aromatic heterocycles. The third-order valence-corrected chi connectivity index (χ3v) is 2.77. The van der Waals surface area contributed by atoms with Gasteiger partial charge in [0, 0.05) is 18.3 Å². The van der Waals surface area contributed by atoms with Crippen molar-refractivity contribution in [2.24, 2.45) is 5.92 Å². The van der Waals surface area contributed by atoms with E-state index >= 15 is 0 Å². The molecule has 82 valence electrons. The minimum Gasteiger partial charge on any atom is -0.370 e. The second-order valence-corrected chi connectivity index (χ2v) is 4.14. The maximum Gasteiger partial charge on any atom is 0.129 e. The third kappa shape index (κ3) is 3.16. The molecule has 2 heterocycles. The average molecular weight is 206 g/mol. The number of hydrogen-bond acceptors (Lipinski definition) is 4. The monoisotopic (exact) mass is 206 g/mol. The predicted molar refractivity (Wildman–Crippen MR) is 60.9 cm³/mol. The van der Waals surface area contributed by atoms with Crippen LogP contribution in [0.5, 0.6) is 0 Å². The van der Waals surface area contributed by atoms with Gasteiger partial charge in [-0.15, -0.1) is 0 Å². The zero-order chi connectivity index (χ0) is 10.5. The smallest absolute Gasteiger partial charge is 0.129 e. The highest BCUT2D eigenvalue weighted by atomic mass is 15.0. The lowest BCUT2D eigenvalue weighted by atomic mass is 10.00. The number of aromatic nitrogens is 2. The standard InChI is InChI=1S/C11H18N4/c1-9-5-11(15-8-14-9)13-7-10-3-2-4-12-6-10/h5,8,10,12H,2-4,6-7H2,1H3,(H,13,14,15). The van der Waals surface area contributed by atoms with Gasteiger partial charge in [-0.1, -0.05) is 0 Å². The van der Waals surface area contributed by atoms with Crippen molar-refractivity contribution in [2.75, 3.05) is 25.0 Å². The number of rotatable bonds is 3. The summed E-state index contributed by atoms with van der Waals surface area (Å²) in [7, 11) is 0. The molecule has 4 nitrogen and oxygen atoms in total. The molecule has 1 unspecified atom stereocenters. The van der Waals surface area contributed by atoms with Gasteiger partial charge in [-0.2, -0.15) is 0 Å². The Bertz CT molecular complexity index is 307. The highest BCUT2D eigenvalue weighted by molar-refractivity contribution is 5.34. The summed E-state index contributed by atoms with van der Waals surface area (Å²) < 4.78 is 0. The van der Waals surface area contributed by atoms with Crippen LogP contribution in [-0.4, -0.2) is 29.6 Å². The summed E-state index contributed by atoms with van der Waals surface area (Å²) >= 11 is 0. The van der Waals surface area contributed by atoms with Crippen LogP contribution >= 0.6 is 0 Å². The van der Waals surface area contributed by atoms with Crippen molar-refractivity contribution >= 4 is 5.82 Å². The Labute approximate surface area is 90.5 Å². The van der Waals surface area contributed by atoms with Gasteiger partial charge in [0.1, 0.15) is 12.1 Å². The second kappa shape index (κ2) is 5.07. The van der Waals surface area contributed by atoms with Crippen LogP contribution in [0.15, 0.2) is 12.4 Å². The van der Waals surface area contributed by atoms with Crippen molar-refractivity contribution in [3.8, 4) is 0 Å². The van der Waals surface area contributed by atoms with Crippen molar-refractivity contribution in [3.05, 3.63) is 18.1 Å². The highest BCUT2D eigenvalue weighted by Gasteiger charge is 2.12. The molecule has 1 aromatic rings. The summed E-state index contributed by atoms with van der Waals surface area (Å²) in [6.07, 6.45) is 4.20. The van der Waals surface area contributed by atoms with Crippen LogP contribution in [0.1, 0.15) is 18.5 Å². The number of anilines is 1. The van der Waals surface area contributed by atoms with E-state index in [1.54, 1.807) is 6.33 Å². The average Bonchev–Trinajstić information content (AvgIpc) is 2.28. The third-order valence-electron chi connectivity index (χ3n) is 2.77. The molecule has 0 bridgehead atoms. The Morgan fingerprint density at radius 2 is 2.47 bits per heavy atom. The molecule has 1 aliphatic heterocycles. The van der Waals surface area contributed by atoms with Crippen LogP contribution in [0.25, 0.3) is 0 Å². The highest BCUT2D eigenvalue weighted by Crippen LogP contribution is 2.11. The summed E-state index contributed by atoms with van der Waals surface area (Å²) in [5.74, 6) is 1.67. The van der Waals surface area contributed by atoms with E-state index in [2.05, 4.69) is 20.6 Å². The van der Waals surface area contributed by atoms with E-state index in [9.17, 15) is 0 Å². The van der Waals surface area contributed by atoms with Gasteiger partial charge < -0.3 is 10.6 Å². The largest absolute Gasteiger partial charge is 0.370 e. The first-order valence-corrected chi connectivity index (χ1v) is 5.58. The second-order valence-electron chi connectivity index (χ2n) is 4.14. The van der Waals surface area contributed by atoms with Crippen molar-refractivity contribution in [2.45, 2.75) is 19.8 Å². The van der Waals surface area contributed by atoms with Crippen LogP contribution in [0.3, 0.4) is 0 Å². The lowest BCUT2D eigenvalue weighted by molar-refractivity contribution is 0.392. The SMILES string of the molecule is Cc1cc(NCC2CCCNC2)ncn1. The first-order chi connectivity index (χ1) is 7.34. The first-order valence-electron chi connectivity index (χ1n) is 5.58. The molecule has 1 atom stereocenters. The summed E-state index contributed by atoms with van der Waals surface area (Å²) in [5.41, 5.74) is 1.01. The summed E-state index contributed by atoms with van der Waals surface area (Å²) in [5, 5.41) is 6.77. The van der Waals surface area contributed by atoms with Gasteiger partial charge in [-0.3, -0.25) is 0 Å². The molecule has 0 aliphatic carbocycles. The zero-order valence-electron chi connectivity index (χ0n) is 9.16. The minimum atomic E-state index is 0.731. The fourth-order valence-corrected chi connectivity index (χ4v) is 1.90. The van der Waals surface area contributed by atoms with Crippen LogP contribution in [0.2, 0.25) is 0 Å². The van der Waals surface area contributed by atoms with E-state index < -0.39 is 0 Å². The molecule has 0 spiro atoms. The molecular formula is C11H18N4. The first kappa shape index (κ1) is 10.4. The fourth-order valence-electron chi connectivity index (χ4n) is 1.90. The lowest BCUT2D eigenvalue weighted by Crippen LogP contribution is -2.33. The fraction of sp³-hybridized carbons (Fsp3) is 0.636. The van der Waals surface area contributed by atoms with Crippen LogP contribution in [0, 0.1) is 12.8 Å². The molecule has 1 saturated heterocycles.